The van der Waals surface area contributed by atoms with Crippen LogP contribution in [0.3, 0.4) is 0 Å². The van der Waals surface area contributed by atoms with Crippen LogP contribution in [0.2, 0.25) is 0 Å². The second-order valence-corrected chi connectivity index (χ2v) is 8.71. The van der Waals surface area contributed by atoms with Crippen molar-refractivity contribution in [3.8, 4) is 11.3 Å². The number of pyridine rings is 1. The lowest BCUT2D eigenvalue weighted by Gasteiger charge is -2.25. The molecule has 1 aliphatic carbocycles. The largest absolute Gasteiger partial charge is 0.323 e. The second kappa shape index (κ2) is 10.8. The van der Waals surface area contributed by atoms with Gasteiger partial charge in [-0.25, -0.2) is 14.4 Å². The maximum absolute atomic E-state index is 13.7. The maximum Gasteiger partial charge on any atom is 0.136 e. The van der Waals surface area contributed by atoms with Crippen LogP contribution in [0.15, 0.2) is 61.4 Å². The molecule has 4 heterocycles. The lowest BCUT2D eigenvalue weighted by Crippen LogP contribution is -2.14. The van der Waals surface area contributed by atoms with E-state index >= 15 is 0 Å². The van der Waals surface area contributed by atoms with Crippen molar-refractivity contribution in [2.24, 2.45) is 5.92 Å². The van der Waals surface area contributed by atoms with Crippen molar-refractivity contribution in [1.82, 2.24) is 18.9 Å². The highest BCUT2D eigenvalue weighted by Crippen LogP contribution is 2.41. The number of hydrogen-bond donors (Lipinski definition) is 0. The molecule has 0 spiro atoms. The van der Waals surface area contributed by atoms with Crippen molar-refractivity contribution in [1.29, 1.82) is 0 Å². The number of benzene rings is 1. The molecule has 4 aromatic rings. The Kier molecular flexibility index (Phi) is 7.56. The fourth-order valence-electron chi connectivity index (χ4n) is 5.17. The number of imidazole rings is 2. The van der Waals surface area contributed by atoms with Gasteiger partial charge in [-0.3, -0.25) is 0 Å². The molecule has 6 heteroatoms. The van der Waals surface area contributed by atoms with Gasteiger partial charge in [0.15, 0.2) is 0 Å². The van der Waals surface area contributed by atoms with Gasteiger partial charge in [-0.1, -0.05) is 39.0 Å². The number of carbonyl (C=O) groups excluding carboxylic acids is 1. The van der Waals surface area contributed by atoms with E-state index in [4.69, 9.17) is 0 Å². The molecule has 1 saturated carbocycles. The first kappa shape index (κ1) is 23.9. The van der Waals surface area contributed by atoms with E-state index in [2.05, 4.69) is 39.6 Å². The van der Waals surface area contributed by atoms with Crippen molar-refractivity contribution >= 4 is 11.9 Å². The molecule has 1 atom stereocenters. The summed E-state index contributed by atoms with van der Waals surface area (Å²) in [5, 5.41) is 0. The highest BCUT2D eigenvalue weighted by molar-refractivity contribution is 5.69. The van der Waals surface area contributed by atoms with Gasteiger partial charge in [0.1, 0.15) is 17.8 Å². The minimum Gasteiger partial charge on any atom is -0.323 e. The van der Waals surface area contributed by atoms with Gasteiger partial charge in [0.25, 0.3) is 0 Å². The summed E-state index contributed by atoms with van der Waals surface area (Å²) in [5.41, 5.74) is 5.20. The fraction of sp³-hybridized carbons (Fsp3) is 0.393. The van der Waals surface area contributed by atoms with Crippen LogP contribution >= 0.6 is 0 Å². The molecular formula is C28H33FN4O. The Morgan fingerprint density at radius 2 is 1.91 bits per heavy atom. The third-order valence-corrected chi connectivity index (χ3v) is 6.90. The third-order valence-electron chi connectivity index (χ3n) is 6.90. The van der Waals surface area contributed by atoms with E-state index in [-0.39, 0.29) is 11.9 Å². The average Bonchev–Trinajstić information content (AvgIpc) is 3.62. The summed E-state index contributed by atoms with van der Waals surface area (Å²) in [4.78, 5) is 19.1. The Morgan fingerprint density at radius 3 is 2.65 bits per heavy atom. The van der Waals surface area contributed by atoms with E-state index in [0.29, 0.717) is 11.8 Å². The molecular weight excluding hydrogens is 427 g/mol. The van der Waals surface area contributed by atoms with E-state index in [0.717, 1.165) is 60.9 Å². The molecule has 0 saturated heterocycles. The van der Waals surface area contributed by atoms with Crippen molar-refractivity contribution in [3.05, 3.63) is 78.4 Å². The van der Waals surface area contributed by atoms with Crippen LogP contribution in [-0.2, 0) is 4.79 Å². The number of carbonyl (C=O) groups is 1. The maximum atomic E-state index is 13.7. The molecule has 5 nitrogen and oxygen atoms in total. The van der Waals surface area contributed by atoms with Gasteiger partial charge in [0.2, 0.25) is 0 Å². The molecule has 1 aromatic carbocycles. The molecule has 0 amide bonds. The molecule has 0 bridgehead atoms. The van der Waals surface area contributed by atoms with Crippen molar-refractivity contribution in [3.63, 3.8) is 0 Å². The van der Waals surface area contributed by atoms with E-state index < -0.39 is 0 Å². The summed E-state index contributed by atoms with van der Waals surface area (Å²) in [7, 11) is 0. The number of halogens is 1. The van der Waals surface area contributed by atoms with Gasteiger partial charge < -0.3 is 13.8 Å². The Hall–Kier alpha value is -3.28. The van der Waals surface area contributed by atoms with Gasteiger partial charge >= 0.3 is 0 Å². The lowest BCUT2D eigenvalue weighted by molar-refractivity contribution is -0.111. The zero-order valence-electron chi connectivity index (χ0n) is 20.2. The predicted octanol–water partition coefficient (Wildman–Crippen LogP) is 6.84. The van der Waals surface area contributed by atoms with E-state index in [1.807, 2.05) is 36.9 Å². The second-order valence-electron chi connectivity index (χ2n) is 8.71. The summed E-state index contributed by atoms with van der Waals surface area (Å²) in [6.07, 6.45) is 15.9. The van der Waals surface area contributed by atoms with Crippen LogP contribution in [-0.4, -0.2) is 25.2 Å². The highest BCUT2D eigenvalue weighted by atomic mass is 19.1. The minimum atomic E-state index is -0.108. The molecule has 0 radical (unpaired) electrons. The molecule has 3 aromatic heterocycles. The van der Waals surface area contributed by atoms with Crippen LogP contribution in [0.5, 0.6) is 0 Å². The molecule has 0 N–H and O–H groups in total. The standard InChI is InChI=1S/C14H16N2O.C12H11FN2.C2H6/c17-10-11-1-3-12(4-2-11)13-5-6-14-15-7-8-16(14)9-13;1-2-10-12-8(4-3-5-9(12)13)11-6-14-7-15(10)11;1-2/h5-12H,1-4H2;3-7,10H,2H2,1H3;1-2H3. The van der Waals surface area contributed by atoms with Crippen molar-refractivity contribution in [2.45, 2.75) is 64.8 Å². The van der Waals surface area contributed by atoms with Gasteiger partial charge in [-0.05, 0) is 55.7 Å². The number of hydrogen-bond acceptors (Lipinski definition) is 3. The predicted molar refractivity (Wildman–Crippen MR) is 133 cm³/mol. The zero-order chi connectivity index (χ0) is 24.1. The summed E-state index contributed by atoms with van der Waals surface area (Å²) in [6.45, 7) is 6.07. The summed E-state index contributed by atoms with van der Waals surface area (Å²) in [6, 6.07) is 9.60. The highest BCUT2D eigenvalue weighted by Gasteiger charge is 2.29. The number of nitrogens with zero attached hydrogens (tertiary/aromatic N) is 4. The van der Waals surface area contributed by atoms with Crippen LogP contribution in [0.25, 0.3) is 16.9 Å². The Balaban J connectivity index is 0.000000151. The molecule has 34 heavy (non-hydrogen) atoms. The summed E-state index contributed by atoms with van der Waals surface area (Å²) in [5.74, 6) is 0.796. The first-order chi connectivity index (χ1) is 16.7. The van der Waals surface area contributed by atoms with Gasteiger partial charge in [-0.2, -0.15) is 0 Å². The average molecular weight is 461 g/mol. The van der Waals surface area contributed by atoms with E-state index in [1.165, 1.54) is 11.6 Å². The first-order valence-corrected chi connectivity index (χ1v) is 12.4. The molecule has 2 aliphatic rings. The lowest BCUT2D eigenvalue weighted by atomic mass is 9.80. The topological polar surface area (TPSA) is 52.2 Å². The summed E-state index contributed by atoms with van der Waals surface area (Å²) < 4.78 is 17.9. The van der Waals surface area contributed by atoms with Crippen LogP contribution in [0, 0.1) is 11.7 Å². The number of fused-ring (bicyclic) bond motifs is 4. The number of aromatic nitrogens is 4. The zero-order valence-corrected chi connectivity index (χ0v) is 20.2. The normalized spacial score (nSPS) is 20.4. The SMILES string of the molecule is CC.CCC1c2c(F)cccc2-c2cncn21.O=CC1CCC(c2ccc3nccn3c2)CC1. The third kappa shape index (κ3) is 4.54. The molecule has 1 fully saturated rings. The Labute approximate surface area is 200 Å². The van der Waals surface area contributed by atoms with Gasteiger partial charge in [-0.15, -0.1) is 0 Å². The van der Waals surface area contributed by atoms with E-state index in [9.17, 15) is 9.18 Å². The smallest absolute Gasteiger partial charge is 0.136 e. The number of aldehydes is 1. The van der Waals surface area contributed by atoms with Crippen LogP contribution in [0.4, 0.5) is 4.39 Å². The number of rotatable bonds is 3. The molecule has 1 unspecified atom stereocenters. The van der Waals surface area contributed by atoms with Crippen molar-refractivity contribution < 1.29 is 9.18 Å². The first-order valence-electron chi connectivity index (χ1n) is 12.4. The minimum absolute atomic E-state index is 0.108. The van der Waals surface area contributed by atoms with Crippen molar-refractivity contribution in [2.75, 3.05) is 0 Å². The molecule has 6 rings (SSSR count). The van der Waals surface area contributed by atoms with Crippen LogP contribution in [0.1, 0.15) is 76.0 Å². The van der Waals surface area contributed by atoms with E-state index in [1.54, 1.807) is 18.6 Å². The monoisotopic (exact) mass is 460 g/mol. The fourth-order valence-corrected chi connectivity index (χ4v) is 5.17. The van der Waals surface area contributed by atoms with Gasteiger partial charge in [0, 0.05) is 35.6 Å². The molecule has 1 aliphatic heterocycles. The quantitative estimate of drug-likeness (QED) is 0.315. The Bertz CT molecular complexity index is 1240. The molecule has 178 valence electrons. The van der Waals surface area contributed by atoms with Crippen LogP contribution < -0.4 is 0 Å². The van der Waals surface area contributed by atoms with Gasteiger partial charge in [0.05, 0.1) is 24.3 Å². The Morgan fingerprint density at radius 1 is 1.12 bits per heavy atom. The summed E-state index contributed by atoms with van der Waals surface area (Å²) >= 11 is 0.